The van der Waals surface area contributed by atoms with Crippen molar-refractivity contribution in [3.05, 3.63) is 65.2 Å². The quantitative estimate of drug-likeness (QED) is 0.372. The third-order valence-corrected chi connectivity index (χ3v) is 3.80. The minimum Gasteiger partial charge on any atom is -0.497 e. The zero-order valence-corrected chi connectivity index (χ0v) is 18.3. The van der Waals surface area contributed by atoms with Crippen molar-refractivity contribution >= 4 is 29.9 Å². The van der Waals surface area contributed by atoms with Crippen LogP contribution in [-0.2, 0) is 19.6 Å². The van der Waals surface area contributed by atoms with E-state index in [1.54, 1.807) is 14.2 Å². The Morgan fingerprint density at radius 2 is 1.58 bits per heavy atom. The van der Waals surface area contributed by atoms with Crippen LogP contribution in [0.2, 0.25) is 0 Å². The molecule has 0 spiro atoms. The van der Waals surface area contributed by atoms with E-state index in [2.05, 4.69) is 65.0 Å². The lowest BCUT2D eigenvalue weighted by molar-refractivity contribution is 0.402. The Morgan fingerprint density at radius 3 is 2.15 bits per heavy atom. The molecule has 2 aromatic rings. The first kappa shape index (κ1) is 22.2. The molecule has 0 aromatic heterocycles. The van der Waals surface area contributed by atoms with E-state index in [1.165, 1.54) is 11.1 Å². The second kappa shape index (κ2) is 11.7. The van der Waals surface area contributed by atoms with Crippen LogP contribution >= 0.6 is 24.0 Å². The van der Waals surface area contributed by atoms with Crippen molar-refractivity contribution in [2.24, 2.45) is 4.99 Å². The molecular weight excluding hydrogens is 439 g/mol. The summed E-state index contributed by atoms with van der Waals surface area (Å²) in [5, 5.41) is 6.66. The predicted molar refractivity (Wildman–Crippen MR) is 119 cm³/mol. The molecule has 26 heavy (non-hydrogen) atoms. The van der Waals surface area contributed by atoms with Crippen molar-refractivity contribution in [1.82, 2.24) is 15.5 Å². The maximum absolute atomic E-state index is 5.25. The van der Waals surface area contributed by atoms with Gasteiger partial charge in [0.15, 0.2) is 5.96 Å². The molecule has 0 unspecified atom stereocenters. The van der Waals surface area contributed by atoms with Gasteiger partial charge in [-0.15, -0.1) is 24.0 Å². The average Bonchev–Trinajstić information content (AvgIpc) is 2.63. The minimum atomic E-state index is 0. The Morgan fingerprint density at radius 1 is 0.962 bits per heavy atom. The fourth-order valence-electron chi connectivity index (χ4n) is 2.50. The molecule has 0 saturated heterocycles. The minimum absolute atomic E-state index is 0. The van der Waals surface area contributed by atoms with Gasteiger partial charge in [-0.05, 0) is 42.9 Å². The van der Waals surface area contributed by atoms with Gasteiger partial charge < -0.3 is 20.3 Å². The lowest BCUT2D eigenvalue weighted by atomic mass is 10.1. The van der Waals surface area contributed by atoms with Crippen molar-refractivity contribution in [2.75, 3.05) is 28.3 Å². The average molecular weight is 468 g/mol. The van der Waals surface area contributed by atoms with Crippen LogP contribution in [0.3, 0.4) is 0 Å². The number of hydrogen-bond donors (Lipinski definition) is 2. The van der Waals surface area contributed by atoms with E-state index in [0.717, 1.165) is 30.4 Å². The Bertz CT molecular complexity index is 686. The van der Waals surface area contributed by atoms with Crippen molar-refractivity contribution in [1.29, 1.82) is 0 Å². The molecule has 5 nitrogen and oxygen atoms in total. The molecule has 0 atom stereocenters. The molecular formula is C20H29IN4O. The smallest absolute Gasteiger partial charge is 0.191 e. The molecule has 0 saturated carbocycles. The first-order chi connectivity index (χ1) is 12.1. The molecule has 0 heterocycles. The summed E-state index contributed by atoms with van der Waals surface area (Å²) in [6.45, 7) is 2.39. The van der Waals surface area contributed by atoms with E-state index >= 15 is 0 Å². The van der Waals surface area contributed by atoms with Gasteiger partial charge in [0.1, 0.15) is 5.75 Å². The number of aliphatic imine (C=N–C) groups is 1. The Kier molecular flexibility index (Phi) is 10.0. The first-order valence-corrected chi connectivity index (χ1v) is 8.40. The number of ether oxygens (including phenoxy) is 1. The fraction of sp³-hybridized carbons (Fsp3) is 0.350. The normalized spacial score (nSPS) is 11.0. The number of benzene rings is 2. The summed E-state index contributed by atoms with van der Waals surface area (Å²) < 4.78 is 5.25. The largest absolute Gasteiger partial charge is 0.497 e. The van der Waals surface area contributed by atoms with Crippen molar-refractivity contribution < 1.29 is 4.74 Å². The Labute approximate surface area is 173 Å². The third-order valence-electron chi connectivity index (χ3n) is 3.80. The van der Waals surface area contributed by atoms with Gasteiger partial charge in [-0.1, -0.05) is 36.4 Å². The van der Waals surface area contributed by atoms with E-state index in [0.29, 0.717) is 6.54 Å². The van der Waals surface area contributed by atoms with Gasteiger partial charge in [0.25, 0.3) is 0 Å². The number of methoxy groups -OCH3 is 1. The molecule has 2 rings (SSSR count). The van der Waals surface area contributed by atoms with Gasteiger partial charge in [0.05, 0.1) is 7.11 Å². The Hall–Kier alpha value is -1.80. The van der Waals surface area contributed by atoms with E-state index in [-0.39, 0.29) is 24.0 Å². The van der Waals surface area contributed by atoms with Crippen LogP contribution in [-0.4, -0.2) is 39.1 Å². The summed E-state index contributed by atoms with van der Waals surface area (Å²) in [5.41, 5.74) is 3.69. The van der Waals surface area contributed by atoms with Gasteiger partial charge in [-0.2, -0.15) is 0 Å². The number of halogens is 1. The van der Waals surface area contributed by atoms with Crippen LogP contribution < -0.4 is 15.4 Å². The summed E-state index contributed by atoms with van der Waals surface area (Å²) >= 11 is 0. The SMILES string of the molecule is CN=C(NCc1ccc(CN(C)C)cc1)NCc1cccc(OC)c1.I. The number of hydrogen-bond acceptors (Lipinski definition) is 3. The molecule has 0 fully saturated rings. The fourth-order valence-corrected chi connectivity index (χ4v) is 2.50. The van der Waals surface area contributed by atoms with E-state index in [1.807, 2.05) is 18.2 Å². The number of nitrogens with zero attached hydrogens (tertiary/aromatic N) is 2. The van der Waals surface area contributed by atoms with Crippen molar-refractivity contribution in [2.45, 2.75) is 19.6 Å². The molecule has 6 heteroatoms. The van der Waals surface area contributed by atoms with Gasteiger partial charge in [0, 0.05) is 26.7 Å². The van der Waals surface area contributed by atoms with Gasteiger partial charge in [0.2, 0.25) is 0 Å². The van der Waals surface area contributed by atoms with Crippen LogP contribution in [0.4, 0.5) is 0 Å². The topological polar surface area (TPSA) is 48.9 Å². The van der Waals surface area contributed by atoms with E-state index in [4.69, 9.17) is 4.74 Å². The molecule has 0 amide bonds. The highest BCUT2D eigenvalue weighted by molar-refractivity contribution is 14.0. The van der Waals surface area contributed by atoms with Crippen LogP contribution in [0.5, 0.6) is 5.75 Å². The molecule has 0 radical (unpaired) electrons. The van der Waals surface area contributed by atoms with Crippen molar-refractivity contribution in [3.63, 3.8) is 0 Å². The second-order valence-corrected chi connectivity index (χ2v) is 6.19. The zero-order chi connectivity index (χ0) is 18.1. The number of nitrogens with one attached hydrogen (secondary N) is 2. The molecule has 0 aliphatic carbocycles. The van der Waals surface area contributed by atoms with Crippen LogP contribution in [0.25, 0.3) is 0 Å². The number of rotatable bonds is 7. The molecule has 0 aliphatic rings. The van der Waals surface area contributed by atoms with Gasteiger partial charge in [-0.25, -0.2) is 0 Å². The van der Waals surface area contributed by atoms with Crippen LogP contribution in [0, 0.1) is 0 Å². The second-order valence-electron chi connectivity index (χ2n) is 6.19. The summed E-state index contributed by atoms with van der Waals surface area (Å²) in [7, 11) is 7.61. The lowest BCUT2D eigenvalue weighted by Gasteiger charge is -2.13. The van der Waals surface area contributed by atoms with E-state index < -0.39 is 0 Å². The molecule has 2 N–H and O–H groups in total. The van der Waals surface area contributed by atoms with Gasteiger partial charge in [-0.3, -0.25) is 4.99 Å². The standard InChI is InChI=1S/C20H28N4O.HI/c1-21-20(23-14-18-6-5-7-19(12-18)25-4)22-13-16-8-10-17(11-9-16)15-24(2)3;/h5-12H,13-15H2,1-4H3,(H2,21,22,23);1H. The monoisotopic (exact) mass is 468 g/mol. The lowest BCUT2D eigenvalue weighted by Crippen LogP contribution is -2.36. The molecule has 2 aromatic carbocycles. The summed E-state index contributed by atoms with van der Waals surface area (Å²) in [5.74, 6) is 1.64. The van der Waals surface area contributed by atoms with Crippen LogP contribution in [0.15, 0.2) is 53.5 Å². The third kappa shape index (κ3) is 7.61. The zero-order valence-electron chi connectivity index (χ0n) is 16.0. The summed E-state index contributed by atoms with van der Waals surface area (Å²) in [4.78, 5) is 6.44. The molecule has 142 valence electrons. The summed E-state index contributed by atoms with van der Waals surface area (Å²) in [6, 6.07) is 16.7. The highest BCUT2D eigenvalue weighted by Crippen LogP contribution is 2.12. The highest BCUT2D eigenvalue weighted by atomic mass is 127. The summed E-state index contributed by atoms with van der Waals surface area (Å²) in [6.07, 6.45) is 0. The molecule has 0 bridgehead atoms. The maximum atomic E-state index is 5.25. The molecule has 0 aliphatic heterocycles. The Balaban J connectivity index is 0.00000338. The number of guanidine groups is 1. The van der Waals surface area contributed by atoms with Crippen molar-refractivity contribution in [3.8, 4) is 5.75 Å². The van der Waals surface area contributed by atoms with Gasteiger partial charge >= 0.3 is 0 Å². The van der Waals surface area contributed by atoms with E-state index in [9.17, 15) is 0 Å². The maximum Gasteiger partial charge on any atom is 0.191 e. The highest BCUT2D eigenvalue weighted by Gasteiger charge is 2.01. The first-order valence-electron chi connectivity index (χ1n) is 8.40. The predicted octanol–water partition coefficient (Wildman–Crippen LogP) is 3.24. The van der Waals surface area contributed by atoms with Crippen LogP contribution in [0.1, 0.15) is 16.7 Å².